The van der Waals surface area contributed by atoms with E-state index in [1.54, 1.807) is 6.20 Å². The lowest BCUT2D eigenvalue weighted by Crippen LogP contribution is -2.28. The average molecular weight is 236 g/mol. The molecule has 1 aliphatic rings. The van der Waals surface area contributed by atoms with Crippen LogP contribution in [0.15, 0.2) is 10.6 Å². The van der Waals surface area contributed by atoms with Gasteiger partial charge in [-0.15, -0.1) is 0 Å². The van der Waals surface area contributed by atoms with Gasteiger partial charge in [-0.25, -0.2) is 4.98 Å². The quantitative estimate of drug-likeness (QED) is 0.817. The second-order valence-electron chi connectivity index (χ2n) is 6.04. The third-order valence-electron chi connectivity index (χ3n) is 3.79. The van der Waals surface area contributed by atoms with Crippen LogP contribution >= 0.6 is 0 Å². The largest absolute Gasteiger partial charge is 0.445 e. The third kappa shape index (κ3) is 3.84. The van der Waals surface area contributed by atoms with Crippen molar-refractivity contribution in [3.05, 3.63) is 17.8 Å². The Morgan fingerprint density at radius 2 is 2.24 bits per heavy atom. The first kappa shape index (κ1) is 12.6. The molecular weight excluding hydrogens is 212 g/mol. The van der Waals surface area contributed by atoms with E-state index in [9.17, 15) is 0 Å². The molecule has 0 saturated heterocycles. The standard InChI is InChI=1S/C14H24N2O/c1-11-9-16-13(17-11)10-15-12-5-4-7-14(2,3)8-6-12/h9,12,15H,4-8,10H2,1-3H3. The van der Waals surface area contributed by atoms with Crippen LogP contribution in [0.5, 0.6) is 0 Å². The minimum atomic E-state index is 0.524. The fourth-order valence-electron chi connectivity index (χ4n) is 2.58. The Hall–Kier alpha value is -0.830. The van der Waals surface area contributed by atoms with Gasteiger partial charge in [0, 0.05) is 6.04 Å². The van der Waals surface area contributed by atoms with Crippen LogP contribution in [0.3, 0.4) is 0 Å². The lowest BCUT2D eigenvalue weighted by atomic mass is 9.85. The molecule has 0 spiro atoms. The molecule has 3 nitrogen and oxygen atoms in total. The lowest BCUT2D eigenvalue weighted by molar-refractivity contribution is 0.308. The van der Waals surface area contributed by atoms with E-state index in [0.717, 1.165) is 18.2 Å². The molecule has 1 atom stereocenters. The van der Waals surface area contributed by atoms with Crippen LogP contribution in [0.25, 0.3) is 0 Å². The van der Waals surface area contributed by atoms with Gasteiger partial charge in [0.2, 0.25) is 5.89 Å². The molecule has 1 aromatic rings. The highest BCUT2D eigenvalue weighted by molar-refractivity contribution is 4.91. The number of nitrogens with one attached hydrogen (secondary N) is 1. The number of hydrogen-bond donors (Lipinski definition) is 1. The van der Waals surface area contributed by atoms with Crippen LogP contribution in [-0.2, 0) is 6.54 Å². The van der Waals surface area contributed by atoms with Crippen molar-refractivity contribution in [3.63, 3.8) is 0 Å². The maximum Gasteiger partial charge on any atom is 0.208 e. The third-order valence-corrected chi connectivity index (χ3v) is 3.79. The van der Waals surface area contributed by atoms with E-state index in [0.29, 0.717) is 11.5 Å². The summed E-state index contributed by atoms with van der Waals surface area (Å²) in [6.07, 6.45) is 8.33. The average Bonchev–Trinajstić information content (AvgIpc) is 2.59. The monoisotopic (exact) mass is 236 g/mol. The Bertz CT molecular complexity index is 357. The Morgan fingerprint density at radius 1 is 1.41 bits per heavy atom. The predicted molar refractivity (Wildman–Crippen MR) is 68.7 cm³/mol. The number of aryl methyl sites for hydroxylation is 1. The molecule has 1 N–H and O–H groups in total. The van der Waals surface area contributed by atoms with E-state index in [2.05, 4.69) is 24.1 Å². The van der Waals surface area contributed by atoms with Crippen LogP contribution < -0.4 is 5.32 Å². The van der Waals surface area contributed by atoms with E-state index in [4.69, 9.17) is 4.42 Å². The maximum absolute atomic E-state index is 5.47. The molecule has 1 fully saturated rings. The van der Waals surface area contributed by atoms with Gasteiger partial charge in [-0.3, -0.25) is 0 Å². The highest BCUT2D eigenvalue weighted by atomic mass is 16.4. The van der Waals surface area contributed by atoms with E-state index >= 15 is 0 Å². The first-order chi connectivity index (χ1) is 8.05. The predicted octanol–water partition coefficient (Wildman–Crippen LogP) is 3.43. The summed E-state index contributed by atoms with van der Waals surface area (Å²) < 4.78 is 5.47. The second-order valence-corrected chi connectivity index (χ2v) is 6.04. The molecule has 96 valence electrons. The molecule has 17 heavy (non-hydrogen) atoms. The molecule has 2 rings (SSSR count). The zero-order chi connectivity index (χ0) is 12.3. The van der Waals surface area contributed by atoms with Gasteiger partial charge in [0.1, 0.15) is 5.76 Å². The fourth-order valence-corrected chi connectivity index (χ4v) is 2.58. The molecule has 0 aliphatic heterocycles. The lowest BCUT2D eigenvalue weighted by Gasteiger charge is -2.22. The van der Waals surface area contributed by atoms with Crippen LogP contribution in [0.1, 0.15) is 57.6 Å². The van der Waals surface area contributed by atoms with Crippen molar-refractivity contribution >= 4 is 0 Å². The van der Waals surface area contributed by atoms with Gasteiger partial charge in [0.15, 0.2) is 0 Å². The van der Waals surface area contributed by atoms with Crippen LogP contribution in [0.2, 0.25) is 0 Å². The van der Waals surface area contributed by atoms with Gasteiger partial charge >= 0.3 is 0 Å². The molecular formula is C14H24N2O. The van der Waals surface area contributed by atoms with Gasteiger partial charge in [-0.1, -0.05) is 20.3 Å². The number of aromatic nitrogens is 1. The Kier molecular flexibility index (Phi) is 3.87. The number of oxazole rings is 1. The fraction of sp³-hybridized carbons (Fsp3) is 0.786. The Labute approximate surface area is 104 Å². The Balaban J connectivity index is 1.79. The summed E-state index contributed by atoms with van der Waals surface area (Å²) in [6, 6.07) is 0.629. The van der Waals surface area contributed by atoms with Crippen molar-refractivity contribution in [3.8, 4) is 0 Å². The van der Waals surface area contributed by atoms with Gasteiger partial charge in [0.25, 0.3) is 0 Å². The zero-order valence-corrected chi connectivity index (χ0v) is 11.3. The van der Waals surface area contributed by atoms with E-state index in [1.165, 1.54) is 32.1 Å². The van der Waals surface area contributed by atoms with Gasteiger partial charge < -0.3 is 9.73 Å². The highest BCUT2D eigenvalue weighted by Gasteiger charge is 2.24. The summed E-state index contributed by atoms with van der Waals surface area (Å²) in [7, 11) is 0. The topological polar surface area (TPSA) is 38.1 Å². The maximum atomic E-state index is 5.47. The van der Waals surface area contributed by atoms with Gasteiger partial charge in [-0.05, 0) is 38.0 Å². The van der Waals surface area contributed by atoms with Crippen molar-refractivity contribution in [2.45, 2.75) is 65.5 Å². The SMILES string of the molecule is Cc1cnc(CNC2CCCC(C)(C)CC2)o1. The van der Waals surface area contributed by atoms with Crippen molar-refractivity contribution in [2.24, 2.45) is 5.41 Å². The molecule has 0 aromatic carbocycles. The summed E-state index contributed by atoms with van der Waals surface area (Å²) in [5.74, 6) is 1.70. The zero-order valence-electron chi connectivity index (χ0n) is 11.3. The normalized spacial score (nSPS) is 24.5. The second kappa shape index (κ2) is 5.21. The van der Waals surface area contributed by atoms with E-state index < -0.39 is 0 Å². The molecule has 0 bridgehead atoms. The summed E-state index contributed by atoms with van der Waals surface area (Å²) in [6.45, 7) is 7.46. The van der Waals surface area contributed by atoms with Crippen molar-refractivity contribution in [1.82, 2.24) is 10.3 Å². The van der Waals surface area contributed by atoms with Gasteiger partial charge in [0.05, 0.1) is 12.7 Å². The minimum absolute atomic E-state index is 0.524. The molecule has 0 radical (unpaired) electrons. The molecule has 1 heterocycles. The summed E-state index contributed by atoms with van der Waals surface area (Å²) in [5.41, 5.74) is 0.524. The number of rotatable bonds is 3. The van der Waals surface area contributed by atoms with E-state index in [1.807, 2.05) is 6.92 Å². The van der Waals surface area contributed by atoms with Crippen molar-refractivity contribution in [2.75, 3.05) is 0 Å². The van der Waals surface area contributed by atoms with Gasteiger partial charge in [-0.2, -0.15) is 0 Å². The van der Waals surface area contributed by atoms with Crippen LogP contribution in [0.4, 0.5) is 0 Å². The summed E-state index contributed by atoms with van der Waals surface area (Å²) in [4.78, 5) is 4.22. The first-order valence-electron chi connectivity index (χ1n) is 6.70. The molecule has 1 unspecified atom stereocenters. The van der Waals surface area contributed by atoms with Crippen LogP contribution in [0, 0.1) is 12.3 Å². The highest BCUT2D eigenvalue weighted by Crippen LogP contribution is 2.33. The summed E-state index contributed by atoms with van der Waals surface area (Å²) >= 11 is 0. The Morgan fingerprint density at radius 3 is 2.94 bits per heavy atom. The van der Waals surface area contributed by atoms with Crippen molar-refractivity contribution < 1.29 is 4.42 Å². The van der Waals surface area contributed by atoms with E-state index in [-0.39, 0.29) is 0 Å². The van der Waals surface area contributed by atoms with Crippen LogP contribution in [-0.4, -0.2) is 11.0 Å². The minimum Gasteiger partial charge on any atom is -0.445 e. The molecule has 1 saturated carbocycles. The number of hydrogen-bond acceptors (Lipinski definition) is 3. The molecule has 1 aromatic heterocycles. The smallest absolute Gasteiger partial charge is 0.208 e. The first-order valence-corrected chi connectivity index (χ1v) is 6.70. The molecule has 0 amide bonds. The molecule has 1 aliphatic carbocycles. The van der Waals surface area contributed by atoms with Crippen molar-refractivity contribution in [1.29, 1.82) is 0 Å². The summed E-state index contributed by atoms with van der Waals surface area (Å²) in [5, 5.41) is 3.57. The number of nitrogens with zero attached hydrogens (tertiary/aromatic N) is 1. The molecule has 3 heteroatoms.